The molecule has 2 atom stereocenters. The van der Waals surface area contributed by atoms with E-state index >= 15 is 0 Å². The van der Waals surface area contributed by atoms with E-state index in [1.165, 1.54) is 27.8 Å². The van der Waals surface area contributed by atoms with E-state index < -0.39 is 0 Å². The van der Waals surface area contributed by atoms with Gasteiger partial charge in [0.05, 0.1) is 13.2 Å². The lowest BCUT2D eigenvalue weighted by Gasteiger charge is -2.27. The molecule has 0 bridgehead atoms. The van der Waals surface area contributed by atoms with Gasteiger partial charge in [-0.2, -0.15) is 0 Å². The first-order chi connectivity index (χ1) is 13.7. The number of carbonyl (C=O) groups excluding carboxylic acids is 1. The summed E-state index contributed by atoms with van der Waals surface area (Å²) in [5, 5.41) is 0. The van der Waals surface area contributed by atoms with Crippen molar-refractivity contribution in [3.8, 4) is 11.1 Å². The number of hydrogen-bond donors (Lipinski definition) is 0. The van der Waals surface area contributed by atoms with Gasteiger partial charge in [-0.15, -0.1) is 0 Å². The van der Waals surface area contributed by atoms with Gasteiger partial charge in [-0.3, -0.25) is 4.90 Å². The molecule has 4 heteroatoms. The zero-order valence-corrected chi connectivity index (χ0v) is 16.0. The Morgan fingerprint density at radius 2 is 1.79 bits per heavy atom. The molecule has 144 valence electrons. The van der Waals surface area contributed by atoms with Gasteiger partial charge in [0.15, 0.2) is 0 Å². The number of benzene rings is 2. The molecule has 2 aromatic rings. The number of rotatable bonds is 3. The van der Waals surface area contributed by atoms with E-state index in [1.807, 2.05) is 0 Å². The lowest BCUT2D eigenvalue weighted by atomic mass is 9.98. The van der Waals surface area contributed by atoms with Crippen molar-refractivity contribution >= 4 is 6.09 Å². The van der Waals surface area contributed by atoms with Crippen molar-refractivity contribution in [1.82, 2.24) is 4.90 Å². The molecule has 1 heterocycles. The number of hydrogen-bond acceptors (Lipinski definition) is 3. The normalized spacial score (nSPS) is 23.7. The first kappa shape index (κ1) is 17.5. The van der Waals surface area contributed by atoms with E-state index in [2.05, 4.69) is 55.1 Å². The van der Waals surface area contributed by atoms with Crippen LogP contribution in [0.15, 0.2) is 60.7 Å². The predicted molar refractivity (Wildman–Crippen MR) is 108 cm³/mol. The predicted octanol–water partition coefficient (Wildman–Crippen LogP) is 4.95. The van der Waals surface area contributed by atoms with Gasteiger partial charge >= 0.3 is 6.09 Å². The maximum atomic E-state index is 12.9. The highest BCUT2D eigenvalue weighted by Gasteiger charge is 2.39. The van der Waals surface area contributed by atoms with Crippen LogP contribution in [0.1, 0.15) is 36.3 Å². The number of fused-ring (bicyclic) bond motifs is 3. The number of allylic oxidation sites excluding steroid dienone is 1. The third kappa shape index (κ3) is 2.92. The summed E-state index contributed by atoms with van der Waals surface area (Å²) in [4.78, 5) is 14.6. The van der Waals surface area contributed by atoms with Gasteiger partial charge in [0.2, 0.25) is 0 Å². The molecule has 28 heavy (non-hydrogen) atoms. The monoisotopic (exact) mass is 375 g/mol. The average Bonchev–Trinajstić information content (AvgIpc) is 3.43. The summed E-state index contributed by atoms with van der Waals surface area (Å²) in [6.45, 7) is 5.62. The zero-order valence-electron chi connectivity index (χ0n) is 16.0. The Hall–Kier alpha value is -2.59. The van der Waals surface area contributed by atoms with Gasteiger partial charge in [0, 0.05) is 11.8 Å². The topological polar surface area (TPSA) is 38.8 Å². The van der Waals surface area contributed by atoms with E-state index in [4.69, 9.17) is 9.47 Å². The number of carbonyl (C=O) groups is 1. The molecule has 1 aliphatic heterocycles. The Labute approximate surface area is 165 Å². The molecule has 0 spiro atoms. The van der Waals surface area contributed by atoms with Gasteiger partial charge in [0.25, 0.3) is 0 Å². The molecule has 0 N–H and O–H groups in total. The van der Waals surface area contributed by atoms with Gasteiger partial charge in [0.1, 0.15) is 12.8 Å². The lowest BCUT2D eigenvalue weighted by Crippen LogP contribution is -2.40. The summed E-state index contributed by atoms with van der Waals surface area (Å²) in [5.41, 5.74) is 6.21. The summed E-state index contributed by atoms with van der Waals surface area (Å²) in [5.74, 6) is 0.431. The second-order valence-corrected chi connectivity index (χ2v) is 8.01. The molecule has 2 aromatic carbocycles. The number of ether oxygens (including phenoxy) is 2. The third-order valence-electron chi connectivity index (χ3n) is 6.32. The van der Waals surface area contributed by atoms with Crippen molar-refractivity contribution in [2.24, 2.45) is 5.92 Å². The summed E-state index contributed by atoms with van der Waals surface area (Å²) in [6.07, 6.45) is 2.58. The highest BCUT2D eigenvalue weighted by Crippen LogP contribution is 2.44. The minimum atomic E-state index is -0.262. The summed E-state index contributed by atoms with van der Waals surface area (Å²) >= 11 is 0. The molecule has 5 rings (SSSR count). The molecule has 2 fully saturated rings. The van der Waals surface area contributed by atoms with E-state index in [0.29, 0.717) is 25.7 Å². The Bertz CT molecular complexity index is 876. The number of amides is 1. The van der Waals surface area contributed by atoms with Crippen molar-refractivity contribution in [1.29, 1.82) is 0 Å². The summed E-state index contributed by atoms with van der Waals surface area (Å²) in [6, 6.07) is 16.8. The molecule has 1 saturated carbocycles. The molecule has 0 aromatic heterocycles. The second-order valence-electron chi connectivity index (χ2n) is 8.01. The largest absolute Gasteiger partial charge is 0.448 e. The molecule has 1 saturated heterocycles. The highest BCUT2D eigenvalue weighted by molar-refractivity contribution is 5.79. The zero-order chi connectivity index (χ0) is 19.1. The van der Waals surface area contributed by atoms with Crippen molar-refractivity contribution in [2.45, 2.75) is 31.4 Å². The Morgan fingerprint density at radius 3 is 2.43 bits per heavy atom. The fraction of sp³-hybridized carbons (Fsp3) is 0.375. The minimum Gasteiger partial charge on any atom is -0.448 e. The Kier molecular flexibility index (Phi) is 4.44. The van der Waals surface area contributed by atoms with Crippen LogP contribution in [0, 0.1) is 5.92 Å². The molecular weight excluding hydrogens is 350 g/mol. The van der Waals surface area contributed by atoms with Crippen LogP contribution >= 0.6 is 0 Å². The lowest BCUT2D eigenvalue weighted by molar-refractivity contribution is -0.0113. The summed E-state index contributed by atoms with van der Waals surface area (Å²) < 4.78 is 11.7. The van der Waals surface area contributed by atoms with Crippen molar-refractivity contribution < 1.29 is 14.3 Å². The van der Waals surface area contributed by atoms with E-state index in [1.54, 1.807) is 4.90 Å². The first-order valence-electron chi connectivity index (χ1n) is 10.1. The van der Waals surface area contributed by atoms with Crippen molar-refractivity contribution in [3.05, 3.63) is 71.8 Å². The quantitative estimate of drug-likeness (QED) is 0.713. The van der Waals surface area contributed by atoms with Gasteiger partial charge in [-0.25, -0.2) is 4.79 Å². The Morgan fingerprint density at radius 1 is 1.11 bits per heavy atom. The van der Waals surface area contributed by atoms with Gasteiger partial charge in [-0.05, 0) is 41.5 Å². The number of nitrogens with zero attached hydrogens (tertiary/aromatic N) is 1. The fourth-order valence-corrected chi connectivity index (χ4v) is 4.96. The molecular formula is C24H25NO3. The molecule has 3 aliphatic rings. The van der Waals surface area contributed by atoms with Crippen LogP contribution < -0.4 is 0 Å². The molecule has 1 amide bonds. The standard InChI is InChI=1S/C24H25NO3/c1-16-10-11-17(14-16)23-25(12-13-27-23)24(26)28-15-22-20-8-4-2-6-18(20)19-7-3-5-9-21(19)22/h2-9,17,22-23H,1,10-15H2/t17-,23?/m0/s1. The average molecular weight is 375 g/mol. The van der Waals surface area contributed by atoms with Crippen molar-refractivity contribution in [2.75, 3.05) is 19.8 Å². The van der Waals surface area contributed by atoms with Crippen molar-refractivity contribution in [3.63, 3.8) is 0 Å². The third-order valence-corrected chi connectivity index (χ3v) is 6.32. The SMILES string of the molecule is C=C1CC[C@H](C2OCCN2C(=O)OCC2c3ccccc3-c3ccccc32)C1. The van der Waals surface area contributed by atoms with E-state index in [0.717, 1.165) is 19.3 Å². The molecule has 2 aliphatic carbocycles. The molecule has 4 nitrogen and oxygen atoms in total. The highest BCUT2D eigenvalue weighted by atomic mass is 16.6. The fourth-order valence-electron chi connectivity index (χ4n) is 4.96. The van der Waals surface area contributed by atoms with Crippen LogP contribution in [0.4, 0.5) is 4.79 Å². The van der Waals surface area contributed by atoms with Crippen LogP contribution in [0.25, 0.3) is 11.1 Å². The van der Waals surface area contributed by atoms with Crippen LogP contribution in [0.2, 0.25) is 0 Å². The first-order valence-corrected chi connectivity index (χ1v) is 10.1. The molecule has 1 unspecified atom stereocenters. The maximum Gasteiger partial charge on any atom is 0.411 e. The van der Waals surface area contributed by atoms with Crippen LogP contribution in [-0.2, 0) is 9.47 Å². The minimum absolute atomic E-state index is 0.0876. The van der Waals surface area contributed by atoms with Crippen LogP contribution in [0.3, 0.4) is 0 Å². The summed E-state index contributed by atoms with van der Waals surface area (Å²) in [7, 11) is 0. The molecule has 0 radical (unpaired) electrons. The second kappa shape index (κ2) is 7.10. The smallest absolute Gasteiger partial charge is 0.411 e. The van der Waals surface area contributed by atoms with Crippen LogP contribution in [-0.4, -0.2) is 37.0 Å². The van der Waals surface area contributed by atoms with Crippen LogP contribution in [0.5, 0.6) is 0 Å². The maximum absolute atomic E-state index is 12.9. The van der Waals surface area contributed by atoms with E-state index in [9.17, 15) is 4.79 Å². The Balaban J connectivity index is 1.31. The van der Waals surface area contributed by atoms with Gasteiger partial charge in [-0.1, -0.05) is 60.7 Å². The van der Waals surface area contributed by atoms with E-state index in [-0.39, 0.29) is 18.2 Å². The van der Waals surface area contributed by atoms with Gasteiger partial charge < -0.3 is 9.47 Å².